The average molecular weight is 209 g/mol. The minimum absolute atomic E-state index is 0.0961. The first kappa shape index (κ1) is 12.5. The van der Waals surface area contributed by atoms with Crippen LogP contribution in [0.4, 0.5) is 0 Å². The molecule has 0 radical (unpaired) electrons. The van der Waals surface area contributed by atoms with Crippen molar-refractivity contribution < 1.29 is 0 Å². The van der Waals surface area contributed by atoms with Crippen LogP contribution in [0.2, 0.25) is 0 Å². The second kappa shape index (κ2) is 5.48. The molecule has 0 unspecified atom stereocenters. The number of hydrazine groups is 1. The van der Waals surface area contributed by atoms with Crippen molar-refractivity contribution in [1.29, 1.82) is 5.26 Å². The lowest BCUT2D eigenvalue weighted by Crippen LogP contribution is -2.56. The zero-order valence-corrected chi connectivity index (χ0v) is 10.2. The molecular weight excluding hydrogens is 186 g/mol. The van der Waals surface area contributed by atoms with Crippen molar-refractivity contribution in [2.24, 2.45) is 0 Å². The van der Waals surface area contributed by atoms with Gasteiger partial charge >= 0.3 is 0 Å². The van der Waals surface area contributed by atoms with Crippen LogP contribution in [0.1, 0.15) is 52.9 Å². The van der Waals surface area contributed by atoms with Crippen molar-refractivity contribution in [3.63, 3.8) is 0 Å². The Morgan fingerprint density at radius 3 is 2.33 bits per heavy atom. The molecule has 0 saturated heterocycles. The molecule has 0 atom stereocenters. The molecule has 0 aromatic rings. The Bertz CT molecular complexity index is 218. The third-order valence-corrected chi connectivity index (χ3v) is 2.99. The minimum atomic E-state index is 0.0961. The predicted molar refractivity (Wildman–Crippen MR) is 62.1 cm³/mol. The van der Waals surface area contributed by atoms with Crippen LogP contribution < -0.4 is 5.43 Å². The van der Waals surface area contributed by atoms with Gasteiger partial charge in [0.2, 0.25) is 0 Å². The van der Waals surface area contributed by atoms with E-state index in [4.69, 9.17) is 5.26 Å². The van der Waals surface area contributed by atoms with Crippen LogP contribution in [0.15, 0.2) is 0 Å². The molecule has 3 heteroatoms. The van der Waals surface area contributed by atoms with Gasteiger partial charge in [0, 0.05) is 11.6 Å². The lowest BCUT2D eigenvalue weighted by Gasteiger charge is -2.43. The summed E-state index contributed by atoms with van der Waals surface area (Å²) in [6.45, 7) is 7.01. The first-order chi connectivity index (χ1) is 7.05. The van der Waals surface area contributed by atoms with Gasteiger partial charge in [-0.25, -0.2) is 10.4 Å². The summed E-state index contributed by atoms with van der Waals surface area (Å²) in [4.78, 5) is 0. The fourth-order valence-electron chi connectivity index (χ4n) is 2.37. The molecule has 86 valence electrons. The van der Waals surface area contributed by atoms with Gasteiger partial charge in [-0.2, -0.15) is 5.26 Å². The minimum Gasteiger partial charge on any atom is -0.240 e. The molecule has 0 heterocycles. The van der Waals surface area contributed by atoms with Crippen molar-refractivity contribution >= 4 is 0 Å². The molecule has 1 fully saturated rings. The first-order valence-electron chi connectivity index (χ1n) is 5.95. The van der Waals surface area contributed by atoms with Crippen LogP contribution in [-0.2, 0) is 0 Å². The molecule has 0 bridgehead atoms. The number of nitrogens with one attached hydrogen (secondary N) is 1. The van der Waals surface area contributed by atoms with Crippen LogP contribution in [-0.4, -0.2) is 23.1 Å². The Balaban J connectivity index is 2.58. The number of nitriles is 1. The van der Waals surface area contributed by atoms with Crippen LogP contribution >= 0.6 is 0 Å². The molecule has 1 saturated carbocycles. The number of rotatable bonds is 3. The maximum atomic E-state index is 8.64. The summed E-state index contributed by atoms with van der Waals surface area (Å²) in [5.74, 6) is 0. The highest BCUT2D eigenvalue weighted by atomic mass is 15.5. The highest BCUT2D eigenvalue weighted by molar-refractivity contribution is 4.84. The molecule has 0 aromatic heterocycles. The number of hydrogen-bond acceptors (Lipinski definition) is 3. The third-order valence-electron chi connectivity index (χ3n) is 2.99. The zero-order valence-electron chi connectivity index (χ0n) is 10.2. The highest BCUT2D eigenvalue weighted by Gasteiger charge is 2.29. The maximum Gasteiger partial charge on any atom is 0.0974 e. The molecular formula is C12H23N3. The van der Waals surface area contributed by atoms with Crippen LogP contribution in [0.25, 0.3) is 0 Å². The van der Waals surface area contributed by atoms with Gasteiger partial charge in [0.1, 0.15) is 0 Å². The Morgan fingerprint density at radius 2 is 1.87 bits per heavy atom. The summed E-state index contributed by atoms with van der Waals surface area (Å²) in [6, 6.07) is 2.76. The van der Waals surface area contributed by atoms with Crippen LogP contribution in [0, 0.1) is 11.3 Å². The van der Waals surface area contributed by atoms with E-state index in [9.17, 15) is 0 Å². The standard InChI is InChI=1S/C12H23N3/c1-12(2,3)15(14-10-9-13)11-7-5-4-6-8-11/h11,14H,4-8,10H2,1-3H3. The normalized spacial score (nSPS) is 19.1. The van der Waals surface area contributed by atoms with Crippen molar-refractivity contribution in [2.75, 3.05) is 6.54 Å². The van der Waals surface area contributed by atoms with Gasteiger partial charge in [-0.15, -0.1) is 0 Å². The molecule has 0 aromatic carbocycles. The Hall–Kier alpha value is -0.590. The van der Waals surface area contributed by atoms with Crippen molar-refractivity contribution in [2.45, 2.75) is 64.5 Å². The molecule has 1 rings (SSSR count). The summed E-state index contributed by atoms with van der Waals surface area (Å²) in [5, 5.41) is 10.9. The summed E-state index contributed by atoms with van der Waals surface area (Å²) in [7, 11) is 0. The Morgan fingerprint density at radius 1 is 1.27 bits per heavy atom. The summed E-state index contributed by atoms with van der Waals surface area (Å²) in [5.41, 5.74) is 3.35. The second-order valence-electron chi connectivity index (χ2n) is 5.33. The van der Waals surface area contributed by atoms with E-state index in [1.54, 1.807) is 0 Å². The lowest BCUT2D eigenvalue weighted by atomic mass is 9.92. The van der Waals surface area contributed by atoms with E-state index < -0.39 is 0 Å². The van der Waals surface area contributed by atoms with Gasteiger partial charge in [0.05, 0.1) is 12.6 Å². The molecule has 1 aliphatic carbocycles. The molecule has 1 aliphatic rings. The summed E-state index contributed by atoms with van der Waals surface area (Å²) < 4.78 is 0. The zero-order chi connectivity index (χ0) is 11.3. The van der Waals surface area contributed by atoms with Gasteiger partial charge in [-0.1, -0.05) is 19.3 Å². The van der Waals surface area contributed by atoms with E-state index in [0.717, 1.165) is 0 Å². The number of nitrogens with zero attached hydrogens (tertiary/aromatic N) is 2. The molecule has 0 aliphatic heterocycles. The average Bonchev–Trinajstić information content (AvgIpc) is 2.18. The molecule has 1 N–H and O–H groups in total. The molecule has 0 spiro atoms. The van der Waals surface area contributed by atoms with E-state index in [0.29, 0.717) is 12.6 Å². The smallest absolute Gasteiger partial charge is 0.0974 e. The highest BCUT2D eigenvalue weighted by Crippen LogP contribution is 2.26. The van der Waals surface area contributed by atoms with Crippen molar-refractivity contribution in [3.8, 4) is 6.07 Å². The van der Waals surface area contributed by atoms with Gasteiger partial charge in [-0.3, -0.25) is 0 Å². The van der Waals surface area contributed by atoms with E-state index in [-0.39, 0.29) is 5.54 Å². The quantitative estimate of drug-likeness (QED) is 0.573. The lowest BCUT2D eigenvalue weighted by molar-refractivity contribution is 0.0123. The topological polar surface area (TPSA) is 39.1 Å². The largest absolute Gasteiger partial charge is 0.240 e. The van der Waals surface area contributed by atoms with Gasteiger partial charge in [-0.05, 0) is 33.6 Å². The number of hydrogen-bond donors (Lipinski definition) is 1. The summed E-state index contributed by atoms with van der Waals surface area (Å²) in [6.07, 6.45) is 6.54. The fraction of sp³-hybridized carbons (Fsp3) is 0.917. The van der Waals surface area contributed by atoms with Gasteiger partial charge < -0.3 is 0 Å². The molecule has 3 nitrogen and oxygen atoms in total. The van der Waals surface area contributed by atoms with E-state index >= 15 is 0 Å². The monoisotopic (exact) mass is 209 g/mol. The Kier molecular flexibility index (Phi) is 4.56. The van der Waals surface area contributed by atoms with Gasteiger partial charge in [0.15, 0.2) is 0 Å². The summed E-state index contributed by atoms with van der Waals surface area (Å²) >= 11 is 0. The SMILES string of the molecule is CC(C)(C)N(NCC#N)C1CCCCC1. The molecule has 0 amide bonds. The van der Waals surface area contributed by atoms with E-state index in [1.807, 2.05) is 0 Å². The predicted octanol–water partition coefficient (Wildman–Crippen LogP) is 2.45. The van der Waals surface area contributed by atoms with E-state index in [1.165, 1.54) is 32.1 Å². The van der Waals surface area contributed by atoms with Crippen molar-refractivity contribution in [1.82, 2.24) is 10.4 Å². The van der Waals surface area contributed by atoms with Crippen molar-refractivity contribution in [3.05, 3.63) is 0 Å². The molecule has 15 heavy (non-hydrogen) atoms. The van der Waals surface area contributed by atoms with E-state index in [2.05, 4.69) is 37.3 Å². The van der Waals surface area contributed by atoms with Crippen LogP contribution in [0.5, 0.6) is 0 Å². The Labute approximate surface area is 93.4 Å². The van der Waals surface area contributed by atoms with Crippen LogP contribution in [0.3, 0.4) is 0 Å². The maximum absolute atomic E-state index is 8.64. The fourth-order valence-corrected chi connectivity index (χ4v) is 2.37. The first-order valence-corrected chi connectivity index (χ1v) is 5.95. The van der Waals surface area contributed by atoms with Gasteiger partial charge in [0.25, 0.3) is 0 Å². The second-order valence-corrected chi connectivity index (χ2v) is 5.33. The third kappa shape index (κ3) is 3.81.